The lowest BCUT2D eigenvalue weighted by Crippen LogP contribution is -2.16. The molecular weight excluding hydrogens is 821 g/mol. The zero-order valence-corrected chi connectivity index (χ0v) is 38.0. The summed E-state index contributed by atoms with van der Waals surface area (Å²) < 4.78 is 2.38. The van der Waals surface area contributed by atoms with Crippen LogP contribution in [0.3, 0.4) is 0 Å². The van der Waals surface area contributed by atoms with Crippen molar-refractivity contribution in [1.82, 2.24) is 4.57 Å². The molecule has 1 atom stereocenters. The van der Waals surface area contributed by atoms with Crippen LogP contribution in [0.5, 0.6) is 0 Å². The van der Waals surface area contributed by atoms with E-state index in [4.69, 9.17) is 0 Å². The Hall–Kier alpha value is -8.68. The zero-order valence-electron chi connectivity index (χ0n) is 38.0. The van der Waals surface area contributed by atoms with Crippen molar-refractivity contribution in [3.05, 3.63) is 260 Å². The first-order valence-corrected chi connectivity index (χ1v) is 23.5. The predicted molar refractivity (Wildman–Crippen MR) is 289 cm³/mol. The quantitative estimate of drug-likeness (QED) is 0.114. The predicted octanol–water partition coefficient (Wildman–Crippen LogP) is 18.0. The molecule has 2 nitrogen and oxygen atoms in total. The maximum atomic E-state index is 4.04. The van der Waals surface area contributed by atoms with Crippen LogP contribution in [0.2, 0.25) is 0 Å². The van der Waals surface area contributed by atoms with Crippen LogP contribution in [0.15, 0.2) is 243 Å². The number of anilines is 3. The van der Waals surface area contributed by atoms with Crippen molar-refractivity contribution in [2.45, 2.75) is 19.3 Å². The normalized spacial score (nSPS) is 14.1. The fourth-order valence-corrected chi connectivity index (χ4v) is 11.6. The highest BCUT2D eigenvalue weighted by molar-refractivity contribution is 6.24. The van der Waals surface area contributed by atoms with Gasteiger partial charge in [-0.25, -0.2) is 0 Å². The van der Waals surface area contributed by atoms with Gasteiger partial charge in [-0.3, -0.25) is 0 Å². The van der Waals surface area contributed by atoms with Gasteiger partial charge in [-0.15, -0.1) is 5.73 Å². The van der Waals surface area contributed by atoms with E-state index >= 15 is 0 Å². The average Bonchev–Trinajstić information content (AvgIpc) is 3.85. The SMILES string of the molecule is C=C=CC1(C)c2ccccc2-c2ccc(-c3c4ccccc4c(-c4ccc(N(c5ccccc5)c5ccc(-n6c7ccccc7c7ccccc76)cc5)c5ccccc45)c4cc(C)ccc34)cc21. The molecule has 0 amide bonds. The molecule has 0 saturated heterocycles. The Morgan fingerprint density at radius 2 is 1.00 bits per heavy atom. The molecule has 11 aromatic carbocycles. The minimum Gasteiger partial charge on any atom is -0.310 e. The molecule has 1 aliphatic rings. The van der Waals surface area contributed by atoms with Crippen LogP contribution in [0, 0.1) is 6.92 Å². The van der Waals surface area contributed by atoms with E-state index in [0.29, 0.717) is 0 Å². The largest absolute Gasteiger partial charge is 0.310 e. The molecule has 68 heavy (non-hydrogen) atoms. The first-order valence-electron chi connectivity index (χ1n) is 23.5. The molecular formula is C66H46N2. The summed E-state index contributed by atoms with van der Waals surface area (Å²) in [5, 5.41) is 9.85. The van der Waals surface area contributed by atoms with Crippen molar-refractivity contribution in [3.8, 4) is 39.1 Å². The number of hydrogen-bond donors (Lipinski definition) is 0. The summed E-state index contributed by atoms with van der Waals surface area (Å²) in [4.78, 5) is 2.41. The van der Waals surface area contributed by atoms with E-state index in [1.807, 2.05) is 0 Å². The van der Waals surface area contributed by atoms with Crippen LogP contribution >= 0.6 is 0 Å². The van der Waals surface area contributed by atoms with Gasteiger partial charge in [0, 0.05) is 38.6 Å². The van der Waals surface area contributed by atoms with Gasteiger partial charge in [-0.2, -0.15) is 0 Å². The highest BCUT2D eigenvalue weighted by Gasteiger charge is 2.37. The van der Waals surface area contributed by atoms with Gasteiger partial charge in [-0.05, 0) is 152 Å². The van der Waals surface area contributed by atoms with Gasteiger partial charge in [-0.1, -0.05) is 176 Å². The summed E-state index contributed by atoms with van der Waals surface area (Å²) in [5.41, 5.74) is 21.0. The molecule has 1 aromatic heterocycles. The van der Waals surface area contributed by atoms with Crippen LogP contribution in [0.1, 0.15) is 23.6 Å². The minimum absolute atomic E-state index is 0.339. The third-order valence-electron chi connectivity index (χ3n) is 14.6. The molecule has 2 heteroatoms. The zero-order chi connectivity index (χ0) is 45.5. The Bertz CT molecular complexity index is 4000. The van der Waals surface area contributed by atoms with Crippen molar-refractivity contribution in [1.29, 1.82) is 0 Å². The lowest BCUT2D eigenvalue weighted by molar-refractivity contribution is 0.749. The Labute approximate surface area is 396 Å². The van der Waals surface area contributed by atoms with E-state index in [-0.39, 0.29) is 5.41 Å². The molecule has 13 rings (SSSR count). The van der Waals surface area contributed by atoms with E-state index in [1.54, 1.807) is 0 Å². The molecule has 12 aromatic rings. The monoisotopic (exact) mass is 866 g/mol. The lowest BCUT2D eigenvalue weighted by Gasteiger charge is -2.28. The highest BCUT2D eigenvalue weighted by atomic mass is 15.1. The molecule has 0 spiro atoms. The number of para-hydroxylation sites is 3. The fourth-order valence-electron chi connectivity index (χ4n) is 11.6. The maximum Gasteiger partial charge on any atom is 0.0541 e. The third-order valence-corrected chi connectivity index (χ3v) is 14.6. The van der Waals surface area contributed by atoms with Crippen molar-refractivity contribution < 1.29 is 0 Å². The van der Waals surface area contributed by atoms with Gasteiger partial charge in [0.15, 0.2) is 0 Å². The molecule has 1 heterocycles. The molecule has 0 bridgehead atoms. The number of hydrogen-bond acceptors (Lipinski definition) is 1. The number of aromatic nitrogens is 1. The number of rotatable bonds is 7. The van der Waals surface area contributed by atoms with Crippen molar-refractivity contribution in [3.63, 3.8) is 0 Å². The maximum absolute atomic E-state index is 4.04. The van der Waals surface area contributed by atoms with Crippen molar-refractivity contribution >= 4 is 71.2 Å². The molecule has 320 valence electrons. The van der Waals surface area contributed by atoms with Crippen LogP contribution < -0.4 is 4.90 Å². The number of nitrogens with zero attached hydrogens (tertiary/aromatic N) is 2. The summed E-state index contributed by atoms with van der Waals surface area (Å²) in [6.07, 6.45) is 2.14. The second-order valence-electron chi connectivity index (χ2n) is 18.4. The molecule has 0 aliphatic heterocycles. The van der Waals surface area contributed by atoms with Gasteiger partial charge in [0.2, 0.25) is 0 Å². The molecule has 0 N–H and O–H groups in total. The fraction of sp³-hybridized carbons (Fsp3) is 0.0455. The van der Waals surface area contributed by atoms with Crippen molar-refractivity contribution in [2.24, 2.45) is 0 Å². The minimum atomic E-state index is -0.339. The Kier molecular flexibility index (Phi) is 9.02. The Balaban J connectivity index is 1.00. The number of allylic oxidation sites excluding steroid dienone is 1. The highest BCUT2D eigenvalue weighted by Crippen LogP contribution is 2.53. The second kappa shape index (κ2) is 15.5. The van der Waals surface area contributed by atoms with E-state index in [0.717, 1.165) is 22.7 Å². The first-order chi connectivity index (χ1) is 33.5. The summed E-state index contributed by atoms with van der Waals surface area (Å²) in [6.45, 7) is 8.55. The number of aryl methyl sites for hydroxylation is 1. The van der Waals surface area contributed by atoms with Crippen LogP contribution in [-0.4, -0.2) is 4.57 Å². The van der Waals surface area contributed by atoms with Gasteiger partial charge in [0.1, 0.15) is 0 Å². The molecule has 1 unspecified atom stereocenters. The molecule has 0 fully saturated rings. The van der Waals surface area contributed by atoms with Gasteiger partial charge in [0.25, 0.3) is 0 Å². The second-order valence-corrected chi connectivity index (χ2v) is 18.4. The van der Waals surface area contributed by atoms with E-state index < -0.39 is 0 Å². The average molecular weight is 867 g/mol. The van der Waals surface area contributed by atoms with E-state index in [2.05, 4.69) is 266 Å². The standard InChI is InChI=1S/C66H46N2/c1-4-40-66(3)59-27-15-12-21-49(59)50-37-31-44(42-60(50)66)64-54-25-10-11-26-55(54)65(58-41-43(2)30-36-57(58)64)56-38-39-63(51-22-9-8-20-48(51)56)67(45-18-6-5-7-19-45)46-32-34-47(35-33-46)68-61-28-16-13-23-52(61)53-24-14-17-29-62(53)68/h5-42H,1H2,2-3H3. The molecule has 0 saturated carbocycles. The van der Waals surface area contributed by atoms with Crippen molar-refractivity contribution in [2.75, 3.05) is 4.90 Å². The summed E-state index contributed by atoms with van der Waals surface area (Å²) in [6, 6.07) is 82.8. The van der Waals surface area contributed by atoms with Crippen LogP contribution in [0.25, 0.3) is 93.2 Å². The van der Waals surface area contributed by atoms with Gasteiger partial charge in [0.05, 0.1) is 16.7 Å². The van der Waals surface area contributed by atoms with E-state index in [1.165, 1.54) is 104 Å². The first kappa shape index (κ1) is 39.7. The topological polar surface area (TPSA) is 8.17 Å². The summed E-state index contributed by atoms with van der Waals surface area (Å²) in [7, 11) is 0. The molecule has 0 radical (unpaired) electrons. The number of benzene rings is 11. The van der Waals surface area contributed by atoms with E-state index in [9.17, 15) is 0 Å². The van der Waals surface area contributed by atoms with Crippen LogP contribution in [-0.2, 0) is 5.41 Å². The van der Waals surface area contributed by atoms with Gasteiger partial charge < -0.3 is 9.47 Å². The summed E-state index contributed by atoms with van der Waals surface area (Å²) >= 11 is 0. The third kappa shape index (κ3) is 5.92. The van der Waals surface area contributed by atoms with Gasteiger partial charge >= 0.3 is 0 Å². The summed E-state index contributed by atoms with van der Waals surface area (Å²) in [5.74, 6) is 0. The smallest absolute Gasteiger partial charge is 0.0541 e. The Morgan fingerprint density at radius 3 is 1.72 bits per heavy atom. The molecule has 1 aliphatic carbocycles. The Morgan fingerprint density at radius 1 is 0.441 bits per heavy atom. The van der Waals surface area contributed by atoms with Crippen LogP contribution in [0.4, 0.5) is 17.1 Å². The number of fused-ring (bicyclic) bond motifs is 9. The lowest BCUT2D eigenvalue weighted by atomic mass is 9.78.